The molecule has 2 aliphatic rings. The fourth-order valence-electron chi connectivity index (χ4n) is 3.18. The number of benzene rings is 1. The number of fused-ring (bicyclic) bond motifs is 1. The van der Waals surface area contributed by atoms with Crippen molar-refractivity contribution in [3.8, 4) is 5.75 Å². The van der Waals surface area contributed by atoms with E-state index in [1.54, 1.807) is 0 Å². The Balaban J connectivity index is 1.72. The van der Waals surface area contributed by atoms with Gasteiger partial charge in [0.15, 0.2) is 0 Å². The molecule has 0 aliphatic carbocycles. The van der Waals surface area contributed by atoms with E-state index in [9.17, 15) is 4.79 Å². The van der Waals surface area contributed by atoms with Gasteiger partial charge in [0.1, 0.15) is 11.5 Å². The second kappa shape index (κ2) is 5.33. The molecule has 3 nitrogen and oxygen atoms in total. The van der Waals surface area contributed by atoms with Crippen LogP contribution in [0.15, 0.2) is 24.3 Å². The van der Waals surface area contributed by atoms with Gasteiger partial charge in [-0.2, -0.15) is 0 Å². The molecule has 3 atom stereocenters. The molecule has 0 aromatic heterocycles. The molecule has 19 heavy (non-hydrogen) atoms. The maximum absolute atomic E-state index is 12.4. The van der Waals surface area contributed by atoms with Crippen LogP contribution in [0.25, 0.3) is 0 Å². The molecule has 0 saturated carbocycles. The summed E-state index contributed by atoms with van der Waals surface area (Å²) >= 11 is 0. The minimum atomic E-state index is 0.0857. The fraction of sp³-hybridized carbons (Fsp3) is 0.562. The van der Waals surface area contributed by atoms with Gasteiger partial charge in [-0.25, -0.2) is 0 Å². The van der Waals surface area contributed by atoms with Crippen LogP contribution in [0, 0.1) is 5.92 Å². The lowest BCUT2D eigenvalue weighted by Crippen LogP contribution is -2.25. The second-order valence-electron chi connectivity index (χ2n) is 5.51. The van der Waals surface area contributed by atoms with E-state index in [1.165, 1.54) is 5.56 Å². The van der Waals surface area contributed by atoms with E-state index in [1.807, 2.05) is 25.1 Å². The topological polar surface area (TPSA) is 35.5 Å². The molecule has 3 rings (SSSR count). The van der Waals surface area contributed by atoms with Crippen molar-refractivity contribution in [2.75, 3.05) is 13.2 Å². The minimum absolute atomic E-state index is 0.0857. The highest BCUT2D eigenvalue weighted by Crippen LogP contribution is 2.37. The van der Waals surface area contributed by atoms with Crippen LogP contribution in [0.3, 0.4) is 0 Å². The van der Waals surface area contributed by atoms with E-state index in [4.69, 9.17) is 9.47 Å². The molecule has 1 aromatic carbocycles. The predicted molar refractivity (Wildman–Crippen MR) is 72.4 cm³/mol. The van der Waals surface area contributed by atoms with Crippen molar-refractivity contribution in [2.45, 2.75) is 38.2 Å². The van der Waals surface area contributed by atoms with E-state index in [0.29, 0.717) is 24.7 Å². The summed E-state index contributed by atoms with van der Waals surface area (Å²) in [4.78, 5) is 12.4. The molecular formula is C16H20O3. The Morgan fingerprint density at radius 1 is 1.26 bits per heavy atom. The van der Waals surface area contributed by atoms with Gasteiger partial charge < -0.3 is 9.47 Å². The van der Waals surface area contributed by atoms with Crippen molar-refractivity contribution in [2.24, 2.45) is 5.92 Å². The quantitative estimate of drug-likeness (QED) is 0.838. The van der Waals surface area contributed by atoms with Gasteiger partial charge in [-0.3, -0.25) is 4.79 Å². The molecule has 2 heterocycles. The van der Waals surface area contributed by atoms with Gasteiger partial charge >= 0.3 is 0 Å². The standard InChI is InChI=1S/C16H20O3/c1-11-13(7-9-18-11)15(17)10-12-6-8-19-16-5-3-2-4-14(12)16/h2-5,11-13H,6-10H2,1H3. The summed E-state index contributed by atoms with van der Waals surface area (Å²) < 4.78 is 11.1. The van der Waals surface area contributed by atoms with Gasteiger partial charge in [0.25, 0.3) is 0 Å². The largest absolute Gasteiger partial charge is 0.493 e. The smallest absolute Gasteiger partial charge is 0.139 e. The van der Waals surface area contributed by atoms with E-state index < -0.39 is 0 Å². The third-order valence-corrected chi connectivity index (χ3v) is 4.32. The Morgan fingerprint density at radius 3 is 2.89 bits per heavy atom. The number of ketones is 1. The number of carbonyl (C=O) groups excluding carboxylic acids is 1. The number of para-hydroxylation sites is 1. The number of hydrogen-bond donors (Lipinski definition) is 0. The van der Waals surface area contributed by atoms with Crippen molar-refractivity contribution in [3.63, 3.8) is 0 Å². The lowest BCUT2D eigenvalue weighted by molar-refractivity contribution is -0.124. The van der Waals surface area contributed by atoms with E-state index >= 15 is 0 Å². The molecule has 1 saturated heterocycles. The van der Waals surface area contributed by atoms with Crippen LogP contribution in [-0.2, 0) is 9.53 Å². The van der Waals surface area contributed by atoms with Gasteiger partial charge in [-0.05, 0) is 37.3 Å². The highest BCUT2D eigenvalue weighted by molar-refractivity contribution is 5.82. The van der Waals surface area contributed by atoms with Crippen LogP contribution in [0.2, 0.25) is 0 Å². The van der Waals surface area contributed by atoms with Gasteiger partial charge in [0.05, 0.1) is 12.7 Å². The zero-order valence-electron chi connectivity index (χ0n) is 11.3. The first-order valence-corrected chi connectivity index (χ1v) is 7.11. The molecule has 102 valence electrons. The Kier molecular flexibility index (Phi) is 3.56. The van der Waals surface area contributed by atoms with Gasteiger partial charge in [-0.1, -0.05) is 18.2 Å². The summed E-state index contributed by atoms with van der Waals surface area (Å²) in [7, 11) is 0. The van der Waals surface area contributed by atoms with Crippen LogP contribution in [0.1, 0.15) is 37.7 Å². The molecule has 0 N–H and O–H groups in total. The van der Waals surface area contributed by atoms with Crippen molar-refractivity contribution in [1.82, 2.24) is 0 Å². The normalized spacial score (nSPS) is 29.6. The van der Waals surface area contributed by atoms with Gasteiger partial charge in [-0.15, -0.1) is 0 Å². The lowest BCUT2D eigenvalue weighted by atomic mass is 9.84. The summed E-state index contributed by atoms with van der Waals surface area (Å²) in [5.41, 5.74) is 1.19. The highest BCUT2D eigenvalue weighted by Gasteiger charge is 2.33. The Morgan fingerprint density at radius 2 is 2.11 bits per heavy atom. The minimum Gasteiger partial charge on any atom is -0.493 e. The Labute approximate surface area is 113 Å². The SMILES string of the molecule is CC1OCCC1C(=O)CC1CCOc2ccccc21. The van der Waals surface area contributed by atoms with E-state index in [-0.39, 0.29) is 12.0 Å². The van der Waals surface area contributed by atoms with Crippen molar-refractivity contribution in [1.29, 1.82) is 0 Å². The molecule has 3 unspecified atom stereocenters. The van der Waals surface area contributed by atoms with Crippen LogP contribution >= 0.6 is 0 Å². The number of rotatable bonds is 3. The third kappa shape index (κ3) is 2.52. The van der Waals surface area contributed by atoms with Crippen LogP contribution < -0.4 is 4.74 Å². The summed E-state index contributed by atoms with van der Waals surface area (Å²) in [6, 6.07) is 8.08. The first-order chi connectivity index (χ1) is 9.25. The Hall–Kier alpha value is -1.35. The molecule has 1 fully saturated rings. The zero-order chi connectivity index (χ0) is 13.2. The third-order valence-electron chi connectivity index (χ3n) is 4.32. The zero-order valence-corrected chi connectivity index (χ0v) is 11.3. The summed E-state index contributed by atoms with van der Waals surface area (Å²) in [6.45, 7) is 3.45. The number of ether oxygens (including phenoxy) is 2. The molecule has 0 radical (unpaired) electrons. The molecule has 0 spiro atoms. The lowest BCUT2D eigenvalue weighted by Gasteiger charge is -2.26. The van der Waals surface area contributed by atoms with E-state index in [2.05, 4.69) is 6.07 Å². The molecule has 2 aliphatic heterocycles. The Bertz CT molecular complexity index is 469. The van der Waals surface area contributed by atoms with Crippen LogP contribution in [0.5, 0.6) is 5.75 Å². The van der Waals surface area contributed by atoms with Crippen molar-refractivity contribution in [3.05, 3.63) is 29.8 Å². The maximum atomic E-state index is 12.4. The van der Waals surface area contributed by atoms with Crippen molar-refractivity contribution >= 4 is 5.78 Å². The van der Waals surface area contributed by atoms with Crippen LogP contribution in [-0.4, -0.2) is 25.1 Å². The molecule has 1 aromatic rings. The fourth-order valence-corrected chi connectivity index (χ4v) is 3.18. The van der Waals surface area contributed by atoms with Gasteiger partial charge in [0.2, 0.25) is 0 Å². The average Bonchev–Trinajstić information content (AvgIpc) is 2.85. The van der Waals surface area contributed by atoms with Gasteiger partial charge in [0, 0.05) is 18.9 Å². The number of Topliss-reactive ketones (excluding diaryl/α,β-unsaturated/α-hetero) is 1. The molecular weight excluding hydrogens is 240 g/mol. The van der Waals surface area contributed by atoms with Crippen LogP contribution in [0.4, 0.5) is 0 Å². The first kappa shape index (κ1) is 12.7. The maximum Gasteiger partial charge on any atom is 0.139 e. The highest BCUT2D eigenvalue weighted by atomic mass is 16.5. The second-order valence-corrected chi connectivity index (χ2v) is 5.51. The predicted octanol–water partition coefficient (Wildman–Crippen LogP) is 2.94. The average molecular weight is 260 g/mol. The summed E-state index contributed by atoms with van der Waals surface area (Å²) in [5, 5.41) is 0. The molecule has 3 heteroatoms. The van der Waals surface area contributed by atoms with Crippen molar-refractivity contribution < 1.29 is 14.3 Å². The molecule has 0 bridgehead atoms. The monoisotopic (exact) mass is 260 g/mol. The number of hydrogen-bond acceptors (Lipinski definition) is 3. The molecule has 0 amide bonds. The van der Waals surface area contributed by atoms with E-state index in [0.717, 1.165) is 25.2 Å². The summed E-state index contributed by atoms with van der Waals surface area (Å²) in [5.74, 6) is 1.70. The number of carbonyl (C=O) groups is 1. The summed E-state index contributed by atoms with van der Waals surface area (Å²) in [6.07, 6.45) is 2.52. The first-order valence-electron chi connectivity index (χ1n) is 7.11.